The Hall–Kier alpha value is -0.820. The standard InChI is InChI=1S/C15H23N/c1-10-5-11(2)7-14(6-10)13(4)16-15-8-12(3)9-15/h5-7,12-13,15-16H,8-9H2,1-4H3. The van der Waals surface area contributed by atoms with Crippen molar-refractivity contribution < 1.29 is 0 Å². The number of rotatable bonds is 3. The summed E-state index contributed by atoms with van der Waals surface area (Å²) in [6.07, 6.45) is 2.68. The zero-order chi connectivity index (χ0) is 11.7. The van der Waals surface area contributed by atoms with Crippen molar-refractivity contribution >= 4 is 0 Å². The molecule has 1 atom stereocenters. The fraction of sp³-hybridized carbons (Fsp3) is 0.600. The average Bonchev–Trinajstić information content (AvgIpc) is 2.13. The zero-order valence-electron chi connectivity index (χ0n) is 10.9. The van der Waals surface area contributed by atoms with Crippen LogP contribution in [-0.2, 0) is 0 Å². The summed E-state index contributed by atoms with van der Waals surface area (Å²) in [6, 6.07) is 8.06. The number of hydrogen-bond acceptors (Lipinski definition) is 1. The Morgan fingerprint density at radius 3 is 2.19 bits per heavy atom. The third-order valence-electron chi connectivity index (χ3n) is 3.60. The molecule has 0 saturated heterocycles. The van der Waals surface area contributed by atoms with E-state index in [1.807, 2.05) is 0 Å². The first-order valence-electron chi connectivity index (χ1n) is 6.39. The summed E-state index contributed by atoms with van der Waals surface area (Å²) in [5, 5.41) is 3.72. The van der Waals surface area contributed by atoms with Crippen LogP contribution in [-0.4, -0.2) is 6.04 Å². The topological polar surface area (TPSA) is 12.0 Å². The monoisotopic (exact) mass is 217 g/mol. The molecule has 1 aromatic carbocycles. The summed E-state index contributed by atoms with van der Waals surface area (Å²) in [4.78, 5) is 0. The van der Waals surface area contributed by atoms with Gasteiger partial charge in [-0.15, -0.1) is 0 Å². The SMILES string of the molecule is Cc1cc(C)cc(C(C)NC2CC(C)C2)c1. The molecule has 1 unspecified atom stereocenters. The van der Waals surface area contributed by atoms with Crippen molar-refractivity contribution in [2.45, 2.75) is 52.6 Å². The first-order valence-corrected chi connectivity index (χ1v) is 6.39. The number of aryl methyl sites for hydroxylation is 2. The molecule has 1 heteroatoms. The predicted molar refractivity (Wildman–Crippen MR) is 69.7 cm³/mol. The lowest BCUT2D eigenvalue weighted by molar-refractivity contribution is 0.226. The summed E-state index contributed by atoms with van der Waals surface area (Å²) in [5.41, 5.74) is 4.16. The molecule has 16 heavy (non-hydrogen) atoms. The molecule has 1 aromatic rings. The Kier molecular flexibility index (Phi) is 3.34. The van der Waals surface area contributed by atoms with Crippen LogP contribution in [0.15, 0.2) is 18.2 Å². The van der Waals surface area contributed by atoms with Gasteiger partial charge in [0.1, 0.15) is 0 Å². The lowest BCUT2D eigenvalue weighted by Gasteiger charge is -2.36. The van der Waals surface area contributed by atoms with Crippen molar-refractivity contribution in [2.24, 2.45) is 5.92 Å². The lowest BCUT2D eigenvalue weighted by atomic mass is 9.81. The number of benzene rings is 1. The van der Waals surface area contributed by atoms with Gasteiger partial charge in [-0.05, 0) is 45.1 Å². The molecule has 0 bridgehead atoms. The Morgan fingerprint density at radius 2 is 1.69 bits per heavy atom. The molecule has 1 N–H and O–H groups in total. The van der Waals surface area contributed by atoms with Gasteiger partial charge in [0.05, 0.1) is 0 Å². The molecule has 1 nitrogen and oxygen atoms in total. The van der Waals surface area contributed by atoms with Gasteiger partial charge < -0.3 is 5.32 Å². The molecule has 0 amide bonds. The third-order valence-corrected chi connectivity index (χ3v) is 3.60. The van der Waals surface area contributed by atoms with Crippen LogP contribution >= 0.6 is 0 Å². The van der Waals surface area contributed by atoms with E-state index in [0.29, 0.717) is 6.04 Å². The molecule has 88 valence electrons. The highest BCUT2D eigenvalue weighted by Crippen LogP contribution is 2.29. The van der Waals surface area contributed by atoms with Crippen molar-refractivity contribution in [3.63, 3.8) is 0 Å². The molecule has 1 aliphatic rings. The Labute approximate surface area is 99.3 Å². The van der Waals surface area contributed by atoms with Crippen molar-refractivity contribution in [3.8, 4) is 0 Å². The highest BCUT2D eigenvalue weighted by atomic mass is 15.0. The Balaban J connectivity index is 2.00. The maximum atomic E-state index is 3.72. The van der Waals surface area contributed by atoms with Crippen LogP contribution in [0.25, 0.3) is 0 Å². The predicted octanol–water partition coefficient (Wildman–Crippen LogP) is 3.75. The van der Waals surface area contributed by atoms with Gasteiger partial charge in [0, 0.05) is 12.1 Å². The van der Waals surface area contributed by atoms with Gasteiger partial charge >= 0.3 is 0 Å². The van der Waals surface area contributed by atoms with Crippen LogP contribution in [0.4, 0.5) is 0 Å². The van der Waals surface area contributed by atoms with E-state index in [1.165, 1.54) is 29.5 Å². The molecule has 0 aromatic heterocycles. The molecule has 1 aliphatic carbocycles. The third kappa shape index (κ3) is 2.65. The van der Waals surface area contributed by atoms with E-state index in [4.69, 9.17) is 0 Å². The van der Waals surface area contributed by atoms with Crippen LogP contribution in [0.3, 0.4) is 0 Å². The minimum absolute atomic E-state index is 0.482. The highest BCUT2D eigenvalue weighted by Gasteiger charge is 2.26. The largest absolute Gasteiger partial charge is 0.307 e. The molecule has 1 fully saturated rings. The first kappa shape index (κ1) is 11.7. The fourth-order valence-electron chi connectivity index (χ4n) is 2.75. The molecule has 0 aliphatic heterocycles. The normalized spacial score (nSPS) is 26.2. The van der Waals surface area contributed by atoms with Crippen molar-refractivity contribution in [1.82, 2.24) is 5.32 Å². The molecule has 0 heterocycles. The van der Waals surface area contributed by atoms with E-state index in [1.54, 1.807) is 0 Å². The van der Waals surface area contributed by atoms with E-state index in [-0.39, 0.29) is 0 Å². The summed E-state index contributed by atoms with van der Waals surface area (Å²) in [6.45, 7) is 8.96. The van der Waals surface area contributed by atoms with E-state index in [0.717, 1.165) is 12.0 Å². The lowest BCUT2D eigenvalue weighted by Crippen LogP contribution is -2.41. The molecule has 1 saturated carbocycles. The van der Waals surface area contributed by atoms with Gasteiger partial charge in [0.25, 0.3) is 0 Å². The van der Waals surface area contributed by atoms with Gasteiger partial charge in [-0.3, -0.25) is 0 Å². The van der Waals surface area contributed by atoms with Gasteiger partial charge in [-0.25, -0.2) is 0 Å². The van der Waals surface area contributed by atoms with Gasteiger partial charge in [0.15, 0.2) is 0 Å². The maximum absolute atomic E-state index is 3.72. The van der Waals surface area contributed by atoms with E-state index < -0.39 is 0 Å². The van der Waals surface area contributed by atoms with Gasteiger partial charge in [0.2, 0.25) is 0 Å². The quantitative estimate of drug-likeness (QED) is 0.813. The minimum atomic E-state index is 0.482. The van der Waals surface area contributed by atoms with Crippen LogP contribution in [0, 0.1) is 19.8 Å². The van der Waals surface area contributed by atoms with Crippen LogP contribution < -0.4 is 5.32 Å². The molecule has 0 radical (unpaired) electrons. The maximum Gasteiger partial charge on any atom is 0.0294 e. The molecular weight excluding hydrogens is 194 g/mol. The van der Waals surface area contributed by atoms with Gasteiger partial charge in [-0.2, -0.15) is 0 Å². The van der Waals surface area contributed by atoms with Crippen molar-refractivity contribution in [3.05, 3.63) is 34.9 Å². The second-order valence-electron chi connectivity index (χ2n) is 5.58. The van der Waals surface area contributed by atoms with E-state index in [9.17, 15) is 0 Å². The highest BCUT2D eigenvalue weighted by molar-refractivity contribution is 5.30. The second-order valence-corrected chi connectivity index (χ2v) is 5.58. The van der Waals surface area contributed by atoms with Gasteiger partial charge in [-0.1, -0.05) is 36.2 Å². The summed E-state index contributed by atoms with van der Waals surface area (Å²) >= 11 is 0. The smallest absolute Gasteiger partial charge is 0.0294 e. The van der Waals surface area contributed by atoms with Crippen molar-refractivity contribution in [2.75, 3.05) is 0 Å². The second kappa shape index (κ2) is 4.58. The molecule has 2 rings (SSSR count). The Morgan fingerprint density at radius 1 is 1.12 bits per heavy atom. The zero-order valence-corrected chi connectivity index (χ0v) is 10.9. The van der Waals surface area contributed by atoms with Crippen LogP contribution in [0.1, 0.15) is 49.4 Å². The average molecular weight is 217 g/mol. The van der Waals surface area contributed by atoms with Crippen LogP contribution in [0.5, 0.6) is 0 Å². The minimum Gasteiger partial charge on any atom is -0.307 e. The Bertz CT molecular complexity index is 343. The fourth-order valence-corrected chi connectivity index (χ4v) is 2.75. The van der Waals surface area contributed by atoms with E-state index >= 15 is 0 Å². The number of nitrogens with one attached hydrogen (secondary N) is 1. The molecule has 0 spiro atoms. The molecular formula is C15H23N. The summed E-state index contributed by atoms with van der Waals surface area (Å²) < 4.78 is 0. The number of hydrogen-bond donors (Lipinski definition) is 1. The first-order chi connectivity index (χ1) is 7.54. The van der Waals surface area contributed by atoms with E-state index in [2.05, 4.69) is 51.2 Å². The van der Waals surface area contributed by atoms with Crippen LogP contribution in [0.2, 0.25) is 0 Å². The van der Waals surface area contributed by atoms with Crippen molar-refractivity contribution in [1.29, 1.82) is 0 Å². The summed E-state index contributed by atoms with van der Waals surface area (Å²) in [5.74, 6) is 0.920. The summed E-state index contributed by atoms with van der Waals surface area (Å²) in [7, 11) is 0.